The first-order chi connectivity index (χ1) is 15.5. The molecular weight excluding hydrogens is 422 g/mol. The molecule has 0 heterocycles. The van der Waals surface area contributed by atoms with Gasteiger partial charge in [0.05, 0.1) is 18.3 Å². The number of aliphatic hydroxyl groups is 3. The number of carboxylic acid groups (broad SMARTS) is 1. The lowest BCUT2D eigenvalue weighted by Gasteiger charge is -2.63. The van der Waals surface area contributed by atoms with Crippen LogP contribution in [0.25, 0.3) is 0 Å². The van der Waals surface area contributed by atoms with E-state index in [1.807, 2.05) is 0 Å². The van der Waals surface area contributed by atoms with Crippen LogP contribution in [-0.4, -0.2) is 57.2 Å². The molecular formula is C26H43NO6. The lowest BCUT2D eigenvalue weighted by atomic mass is 9.43. The Labute approximate surface area is 197 Å². The van der Waals surface area contributed by atoms with Crippen molar-refractivity contribution in [2.75, 3.05) is 6.54 Å². The van der Waals surface area contributed by atoms with Gasteiger partial charge in [-0.15, -0.1) is 0 Å². The molecule has 188 valence electrons. The van der Waals surface area contributed by atoms with Gasteiger partial charge in [-0.1, -0.05) is 20.8 Å². The van der Waals surface area contributed by atoms with Gasteiger partial charge in [0.1, 0.15) is 6.54 Å². The predicted molar refractivity (Wildman–Crippen MR) is 123 cm³/mol. The van der Waals surface area contributed by atoms with Gasteiger partial charge in [0.15, 0.2) is 0 Å². The molecule has 11 atom stereocenters. The Morgan fingerprint density at radius 3 is 2.45 bits per heavy atom. The summed E-state index contributed by atoms with van der Waals surface area (Å²) in [6.07, 6.45) is 5.86. The summed E-state index contributed by atoms with van der Waals surface area (Å²) >= 11 is 0. The number of aliphatic hydroxyl groups excluding tert-OH is 3. The Morgan fingerprint density at radius 1 is 1.03 bits per heavy atom. The molecule has 0 saturated heterocycles. The van der Waals surface area contributed by atoms with Crippen molar-refractivity contribution in [2.24, 2.45) is 46.3 Å². The van der Waals surface area contributed by atoms with Crippen molar-refractivity contribution in [3.8, 4) is 0 Å². The number of hydrogen-bond acceptors (Lipinski definition) is 5. The highest BCUT2D eigenvalue weighted by Crippen LogP contribution is 2.68. The number of amides is 1. The van der Waals surface area contributed by atoms with Crippen LogP contribution in [0.1, 0.15) is 78.6 Å². The molecule has 0 unspecified atom stereocenters. The van der Waals surface area contributed by atoms with Crippen molar-refractivity contribution in [3.05, 3.63) is 0 Å². The van der Waals surface area contributed by atoms with Crippen molar-refractivity contribution < 1.29 is 30.0 Å². The summed E-state index contributed by atoms with van der Waals surface area (Å²) in [6, 6.07) is 0. The minimum Gasteiger partial charge on any atom is -0.480 e. The van der Waals surface area contributed by atoms with Crippen LogP contribution >= 0.6 is 0 Å². The Bertz CT molecular complexity index is 759. The normalized spacial score (nSPS) is 47.7. The van der Waals surface area contributed by atoms with E-state index in [1.54, 1.807) is 0 Å². The van der Waals surface area contributed by atoms with Gasteiger partial charge in [-0.25, -0.2) is 0 Å². The average molecular weight is 466 g/mol. The summed E-state index contributed by atoms with van der Waals surface area (Å²) in [7, 11) is 0. The minimum atomic E-state index is -1.04. The molecule has 5 N–H and O–H groups in total. The van der Waals surface area contributed by atoms with Crippen LogP contribution in [0.4, 0.5) is 0 Å². The molecule has 4 rings (SSSR count). The average Bonchev–Trinajstić information content (AvgIpc) is 3.11. The van der Waals surface area contributed by atoms with Gasteiger partial charge in [0.2, 0.25) is 5.91 Å². The molecule has 33 heavy (non-hydrogen) atoms. The van der Waals surface area contributed by atoms with E-state index in [9.17, 15) is 24.9 Å². The number of aliphatic carboxylic acids is 1. The van der Waals surface area contributed by atoms with E-state index in [0.717, 1.165) is 38.5 Å². The highest BCUT2D eigenvalue weighted by atomic mass is 16.4. The molecule has 0 aromatic rings. The maximum absolute atomic E-state index is 12.0. The van der Waals surface area contributed by atoms with Gasteiger partial charge in [0, 0.05) is 6.42 Å². The zero-order valence-electron chi connectivity index (χ0n) is 20.4. The topological polar surface area (TPSA) is 127 Å². The van der Waals surface area contributed by atoms with Crippen LogP contribution in [0.15, 0.2) is 0 Å². The largest absolute Gasteiger partial charge is 0.480 e. The smallest absolute Gasteiger partial charge is 0.322 e. The molecule has 1 amide bonds. The van der Waals surface area contributed by atoms with Crippen molar-refractivity contribution in [1.29, 1.82) is 0 Å². The van der Waals surface area contributed by atoms with E-state index in [-0.39, 0.29) is 65.1 Å². The zero-order chi connectivity index (χ0) is 24.1. The van der Waals surface area contributed by atoms with Gasteiger partial charge in [0.25, 0.3) is 0 Å². The lowest BCUT2D eigenvalue weighted by molar-refractivity contribution is -0.207. The minimum absolute atomic E-state index is 0.0668. The summed E-state index contributed by atoms with van der Waals surface area (Å²) in [5.74, 6) is 0.265. The zero-order valence-corrected chi connectivity index (χ0v) is 20.4. The van der Waals surface area contributed by atoms with E-state index in [1.165, 1.54) is 0 Å². The molecule has 4 fully saturated rings. The van der Waals surface area contributed by atoms with E-state index in [4.69, 9.17) is 5.11 Å². The summed E-state index contributed by atoms with van der Waals surface area (Å²) in [6.45, 7) is 6.35. The van der Waals surface area contributed by atoms with E-state index >= 15 is 0 Å². The Hall–Kier alpha value is -1.18. The Morgan fingerprint density at radius 2 is 1.76 bits per heavy atom. The molecule has 0 aromatic carbocycles. The van der Waals surface area contributed by atoms with E-state index < -0.39 is 12.1 Å². The molecule has 0 bridgehead atoms. The maximum atomic E-state index is 12.0. The van der Waals surface area contributed by atoms with Gasteiger partial charge in [-0.05, 0) is 97.7 Å². The monoisotopic (exact) mass is 465 g/mol. The fraction of sp³-hybridized carbons (Fsp3) is 0.923. The molecule has 7 heteroatoms. The summed E-state index contributed by atoms with van der Waals surface area (Å²) < 4.78 is 0. The Kier molecular flexibility index (Phi) is 6.89. The molecule has 0 radical (unpaired) electrons. The summed E-state index contributed by atoms with van der Waals surface area (Å²) in [4.78, 5) is 22.7. The number of hydrogen-bond donors (Lipinski definition) is 5. The quantitative estimate of drug-likeness (QED) is 0.410. The summed E-state index contributed by atoms with van der Waals surface area (Å²) in [5, 5.41) is 44.4. The van der Waals surface area contributed by atoms with Crippen LogP contribution in [-0.2, 0) is 9.59 Å². The molecule has 0 aromatic heterocycles. The van der Waals surface area contributed by atoms with Crippen LogP contribution in [0, 0.1) is 46.3 Å². The standard InChI is InChI=1S/C26H43NO6/c1-14(4-7-22(31)27-13-23(32)33)17-5-6-18-24-19(12-21(30)26(17,18)3)25(2)9-8-16(28)10-15(25)11-20(24)29/h14-21,24,28-30H,4-13H2,1-3H3,(H,27,31)(H,32,33)/t14-,15+,16+,17+,18-,19-,20+,21+,24-,25-,26+/m0/s1. The van der Waals surface area contributed by atoms with Gasteiger partial charge in [-0.2, -0.15) is 0 Å². The van der Waals surface area contributed by atoms with Crippen LogP contribution in [0.3, 0.4) is 0 Å². The number of carbonyl (C=O) groups excluding carboxylic acids is 1. The van der Waals surface area contributed by atoms with Crippen molar-refractivity contribution in [2.45, 2.75) is 96.9 Å². The number of carbonyl (C=O) groups is 2. The molecule has 4 saturated carbocycles. The molecule has 4 aliphatic rings. The summed E-state index contributed by atoms with van der Waals surface area (Å²) in [5.41, 5.74) is -0.214. The number of nitrogens with one attached hydrogen (secondary N) is 1. The SMILES string of the molecule is C[C@@H](CCC(=O)NCC(=O)O)[C@H]1CC[C@H]2[C@@H]3[C@H](O)C[C@H]4C[C@H](O)CC[C@]4(C)[C@H]3C[C@@H](O)[C@]12C. The maximum Gasteiger partial charge on any atom is 0.322 e. The third kappa shape index (κ3) is 4.23. The highest BCUT2D eigenvalue weighted by molar-refractivity contribution is 5.81. The molecule has 4 aliphatic carbocycles. The van der Waals surface area contributed by atoms with Crippen LogP contribution in [0.5, 0.6) is 0 Å². The number of fused-ring (bicyclic) bond motifs is 5. The first-order valence-corrected chi connectivity index (χ1v) is 13.0. The van der Waals surface area contributed by atoms with Crippen LogP contribution < -0.4 is 5.32 Å². The van der Waals surface area contributed by atoms with Crippen LogP contribution in [0.2, 0.25) is 0 Å². The van der Waals surface area contributed by atoms with E-state index in [0.29, 0.717) is 25.2 Å². The second-order valence-electron chi connectivity index (χ2n) is 12.2. The number of rotatable bonds is 6. The Balaban J connectivity index is 1.49. The van der Waals surface area contributed by atoms with E-state index in [2.05, 4.69) is 26.1 Å². The van der Waals surface area contributed by atoms with Gasteiger partial charge in [-0.3, -0.25) is 9.59 Å². The van der Waals surface area contributed by atoms with Crippen molar-refractivity contribution in [3.63, 3.8) is 0 Å². The molecule has 0 aliphatic heterocycles. The fourth-order valence-electron chi connectivity index (χ4n) is 8.95. The third-order valence-corrected chi connectivity index (χ3v) is 10.8. The second-order valence-corrected chi connectivity index (χ2v) is 12.2. The van der Waals surface area contributed by atoms with Gasteiger partial charge < -0.3 is 25.7 Å². The van der Waals surface area contributed by atoms with Gasteiger partial charge >= 0.3 is 5.97 Å². The van der Waals surface area contributed by atoms with Crippen molar-refractivity contribution in [1.82, 2.24) is 5.32 Å². The van der Waals surface area contributed by atoms with Crippen molar-refractivity contribution >= 4 is 11.9 Å². The molecule has 0 spiro atoms. The second kappa shape index (κ2) is 9.12. The number of carboxylic acids is 1. The fourth-order valence-corrected chi connectivity index (χ4v) is 8.95. The molecule has 7 nitrogen and oxygen atoms in total. The lowest BCUT2D eigenvalue weighted by Crippen LogP contribution is -2.62. The first-order valence-electron chi connectivity index (χ1n) is 13.0. The third-order valence-electron chi connectivity index (χ3n) is 10.8. The first kappa shape index (κ1) is 24.9. The highest BCUT2D eigenvalue weighted by Gasteiger charge is 2.65. The predicted octanol–water partition coefficient (Wildman–Crippen LogP) is 2.56.